The molecule has 21 heavy (non-hydrogen) atoms. The third-order valence-corrected chi connectivity index (χ3v) is 4.24. The molecule has 1 aromatic carbocycles. The maximum absolute atomic E-state index is 9.17. The van der Waals surface area contributed by atoms with Gasteiger partial charge in [0.25, 0.3) is 0 Å². The average Bonchev–Trinajstić information content (AvgIpc) is 2.85. The van der Waals surface area contributed by atoms with Crippen molar-refractivity contribution in [2.75, 3.05) is 5.32 Å². The van der Waals surface area contributed by atoms with Crippen LogP contribution in [-0.2, 0) is 13.2 Å². The van der Waals surface area contributed by atoms with Gasteiger partial charge in [-0.05, 0) is 35.7 Å². The molecule has 0 fully saturated rings. The molecule has 0 amide bonds. The molecule has 108 valence electrons. The van der Waals surface area contributed by atoms with Crippen LogP contribution < -0.4 is 5.32 Å². The molecule has 3 rings (SSSR count). The number of nitrogens with one attached hydrogen (secondary N) is 1. The van der Waals surface area contributed by atoms with Gasteiger partial charge < -0.3 is 10.4 Å². The van der Waals surface area contributed by atoms with E-state index in [1.165, 1.54) is 4.88 Å². The number of benzene rings is 1. The molecule has 0 radical (unpaired) electrons. The molecule has 0 saturated carbocycles. The topological polar surface area (TPSA) is 58.0 Å². The summed E-state index contributed by atoms with van der Waals surface area (Å²) in [6, 6.07) is 9.85. The summed E-state index contributed by atoms with van der Waals surface area (Å²) in [5.41, 5.74) is 1.97. The van der Waals surface area contributed by atoms with Crippen LogP contribution in [0.1, 0.15) is 16.0 Å². The van der Waals surface area contributed by atoms with Crippen molar-refractivity contribution in [3.63, 3.8) is 0 Å². The molecule has 0 saturated heterocycles. The number of thiophene rings is 1. The minimum atomic E-state index is 0.0428. The largest absolute Gasteiger partial charge is 0.392 e. The minimum absolute atomic E-state index is 0.0428. The Labute approximate surface area is 131 Å². The summed E-state index contributed by atoms with van der Waals surface area (Å²) >= 11 is 7.57. The van der Waals surface area contributed by atoms with Gasteiger partial charge in [-0.2, -0.15) is 0 Å². The maximum Gasteiger partial charge on any atom is 0.225 e. The Morgan fingerprint density at radius 2 is 2.05 bits per heavy atom. The van der Waals surface area contributed by atoms with Crippen LogP contribution in [0.3, 0.4) is 0 Å². The van der Waals surface area contributed by atoms with E-state index in [-0.39, 0.29) is 11.9 Å². The van der Waals surface area contributed by atoms with Gasteiger partial charge in [-0.1, -0.05) is 24.3 Å². The lowest BCUT2D eigenvalue weighted by atomic mass is 10.1. The number of hydrogen-bond acceptors (Lipinski definition) is 5. The van der Waals surface area contributed by atoms with Crippen LogP contribution in [0.15, 0.2) is 30.3 Å². The van der Waals surface area contributed by atoms with Crippen molar-refractivity contribution in [1.29, 1.82) is 0 Å². The monoisotopic (exact) mass is 319 g/mol. The van der Waals surface area contributed by atoms with Gasteiger partial charge in [0.05, 0.1) is 12.0 Å². The molecule has 2 heterocycles. The van der Waals surface area contributed by atoms with Gasteiger partial charge in [0, 0.05) is 11.4 Å². The maximum atomic E-state index is 9.17. The van der Waals surface area contributed by atoms with Crippen molar-refractivity contribution in [3.05, 3.63) is 51.6 Å². The summed E-state index contributed by atoms with van der Waals surface area (Å²) in [7, 11) is 0. The lowest BCUT2D eigenvalue weighted by molar-refractivity contribution is 0.281. The fraction of sp³-hybridized carbons (Fsp3) is 0.200. The van der Waals surface area contributed by atoms with Crippen LogP contribution >= 0.6 is 22.9 Å². The second-order valence-electron chi connectivity index (χ2n) is 4.75. The first-order valence-electron chi connectivity index (χ1n) is 6.52. The third kappa shape index (κ3) is 3.15. The first-order valence-corrected chi connectivity index (χ1v) is 7.71. The van der Waals surface area contributed by atoms with Crippen LogP contribution in [0.4, 0.5) is 5.82 Å². The molecule has 0 aliphatic carbocycles. The van der Waals surface area contributed by atoms with Crippen molar-refractivity contribution in [2.24, 2.45) is 0 Å². The summed E-state index contributed by atoms with van der Waals surface area (Å²) in [6.07, 6.45) is 0. The Kier molecular flexibility index (Phi) is 4.05. The zero-order valence-corrected chi connectivity index (χ0v) is 13.0. The number of halogens is 1. The van der Waals surface area contributed by atoms with Gasteiger partial charge in [-0.3, -0.25) is 0 Å². The molecule has 0 aliphatic heterocycles. The Hall–Kier alpha value is -1.69. The molecule has 0 unspecified atom stereocenters. The van der Waals surface area contributed by atoms with Gasteiger partial charge in [0.1, 0.15) is 10.6 Å². The van der Waals surface area contributed by atoms with Crippen LogP contribution in [0, 0.1) is 6.92 Å². The molecule has 0 aliphatic rings. The lowest BCUT2D eigenvalue weighted by Gasteiger charge is -2.08. The van der Waals surface area contributed by atoms with E-state index < -0.39 is 0 Å². The second-order valence-corrected chi connectivity index (χ2v) is 6.32. The number of hydrogen-bond donors (Lipinski definition) is 2. The highest BCUT2D eigenvalue weighted by molar-refractivity contribution is 7.18. The van der Waals surface area contributed by atoms with Crippen molar-refractivity contribution >= 4 is 39.0 Å². The standard InChI is InChI=1S/C15H14ClN3OS/c1-9-5-12-13(18-15(16)19-14(12)21-9)17-7-10-3-2-4-11(6-10)8-20/h2-6,20H,7-8H2,1H3,(H,17,18,19). The molecule has 3 aromatic rings. The molecule has 0 spiro atoms. The van der Waals surface area contributed by atoms with E-state index in [0.29, 0.717) is 6.54 Å². The van der Waals surface area contributed by atoms with Gasteiger partial charge in [0.2, 0.25) is 5.28 Å². The molecule has 4 nitrogen and oxygen atoms in total. The Morgan fingerprint density at radius 3 is 2.86 bits per heavy atom. The number of aliphatic hydroxyl groups excluding tert-OH is 1. The minimum Gasteiger partial charge on any atom is -0.392 e. The Bertz CT molecular complexity index is 788. The fourth-order valence-electron chi connectivity index (χ4n) is 2.17. The van der Waals surface area contributed by atoms with E-state index >= 15 is 0 Å². The van der Waals surface area contributed by atoms with E-state index in [1.54, 1.807) is 11.3 Å². The molecule has 2 N–H and O–H groups in total. The highest BCUT2D eigenvalue weighted by Gasteiger charge is 2.09. The Morgan fingerprint density at radius 1 is 1.24 bits per heavy atom. The average molecular weight is 320 g/mol. The molecule has 0 atom stereocenters. The van der Waals surface area contributed by atoms with E-state index in [1.807, 2.05) is 31.2 Å². The quantitative estimate of drug-likeness (QED) is 0.719. The summed E-state index contributed by atoms with van der Waals surface area (Å²) in [5.74, 6) is 0.740. The van der Waals surface area contributed by atoms with Crippen molar-refractivity contribution in [1.82, 2.24) is 9.97 Å². The normalized spacial score (nSPS) is 11.0. The smallest absolute Gasteiger partial charge is 0.225 e. The number of nitrogens with zero attached hydrogens (tertiary/aromatic N) is 2. The number of rotatable bonds is 4. The highest BCUT2D eigenvalue weighted by atomic mass is 35.5. The van der Waals surface area contributed by atoms with Gasteiger partial charge in [0.15, 0.2) is 0 Å². The SMILES string of the molecule is Cc1cc2c(NCc3cccc(CO)c3)nc(Cl)nc2s1. The first-order chi connectivity index (χ1) is 10.2. The van der Waals surface area contributed by atoms with Gasteiger partial charge in [-0.15, -0.1) is 11.3 Å². The summed E-state index contributed by atoms with van der Waals surface area (Å²) in [6.45, 7) is 2.70. The van der Waals surface area contributed by atoms with Crippen LogP contribution in [-0.4, -0.2) is 15.1 Å². The van der Waals surface area contributed by atoms with Crippen LogP contribution in [0.5, 0.6) is 0 Å². The van der Waals surface area contributed by atoms with Crippen LogP contribution in [0.25, 0.3) is 10.2 Å². The van der Waals surface area contributed by atoms with Crippen molar-refractivity contribution in [3.8, 4) is 0 Å². The number of aryl methyl sites for hydroxylation is 1. The number of fused-ring (bicyclic) bond motifs is 1. The zero-order valence-electron chi connectivity index (χ0n) is 11.4. The summed E-state index contributed by atoms with van der Waals surface area (Å²) in [4.78, 5) is 10.6. The Balaban J connectivity index is 1.87. The van der Waals surface area contributed by atoms with E-state index in [4.69, 9.17) is 11.6 Å². The van der Waals surface area contributed by atoms with Crippen molar-refractivity contribution < 1.29 is 5.11 Å². The van der Waals surface area contributed by atoms with Crippen LogP contribution in [0.2, 0.25) is 5.28 Å². The first kappa shape index (κ1) is 14.3. The second kappa shape index (κ2) is 5.97. The van der Waals surface area contributed by atoms with Gasteiger partial charge in [-0.25, -0.2) is 9.97 Å². The summed E-state index contributed by atoms with van der Waals surface area (Å²) in [5, 5.41) is 13.7. The third-order valence-electron chi connectivity index (χ3n) is 3.12. The lowest BCUT2D eigenvalue weighted by Crippen LogP contribution is -2.03. The van der Waals surface area contributed by atoms with E-state index in [2.05, 4.69) is 21.4 Å². The molecule has 2 aromatic heterocycles. The fourth-order valence-corrected chi connectivity index (χ4v) is 3.27. The predicted molar refractivity (Wildman–Crippen MR) is 86.9 cm³/mol. The molecule has 0 bridgehead atoms. The van der Waals surface area contributed by atoms with Crippen molar-refractivity contribution in [2.45, 2.75) is 20.1 Å². The molecular formula is C15H14ClN3OS. The molecular weight excluding hydrogens is 306 g/mol. The number of anilines is 1. The van der Waals surface area contributed by atoms with Gasteiger partial charge >= 0.3 is 0 Å². The number of aromatic nitrogens is 2. The zero-order chi connectivity index (χ0) is 14.8. The number of aliphatic hydroxyl groups is 1. The highest BCUT2D eigenvalue weighted by Crippen LogP contribution is 2.29. The van der Waals surface area contributed by atoms with E-state index in [9.17, 15) is 5.11 Å². The predicted octanol–water partition coefficient (Wildman–Crippen LogP) is 3.76. The van der Waals surface area contributed by atoms with E-state index in [0.717, 1.165) is 27.2 Å². The molecule has 6 heteroatoms. The summed E-state index contributed by atoms with van der Waals surface area (Å²) < 4.78 is 0.